The van der Waals surface area contributed by atoms with Crippen molar-refractivity contribution < 1.29 is 13.9 Å². The maximum atomic E-state index is 13.9. The number of amides is 2. The van der Waals surface area contributed by atoms with E-state index in [1.54, 1.807) is 17.9 Å². The summed E-state index contributed by atoms with van der Waals surface area (Å²) in [6, 6.07) is 9.28. The Hall–Kier alpha value is -2.18. The van der Waals surface area contributed by atoms with E-state index in [1.807, 2.05) is 25.1 Å². The van der Waals surface area contributed by atoms with Gasteiger partial charge in [-0.25, -0.2) is 9.18 Å². The largest absolute Gasteiger partial charge is 0.370 e. The van der Waals surface area contributed by atoms with Crippen molar-refractivity contribution in [3.05, 3.63) is 64.7 Å². The van der Waals surface area contributed by atoms with Gasteiger partial charge in [0, 0.05) is 17.8 Å². The summed E-state index contributed by atoms with van der Waals surface area (Å²) >= 11 is 6.07. The van der Waals surface area contributed by atoms with Crippen LogP contribution < -0.4 is 5.32 Å². The zero-order valence-corrected chi connectivity index (χ0v) is 15.4. The van der Waals surface area contributed by atoms with Gasteiger partial charge < -0.3 is 15.0 Å². The second kappa shape index (κ2) is 8.01. The first-order valence-corrected chi connectivity index (χ1v) is 8.90. The zero-order valence-electron chi connectivity index (χ0n) is 14.7. The van der Waals surface area contributed by atoms with E-state index >= 15 is 0 Å². The molecular weight excluding hydrogens is 357 g/mol. The van der Waals surface area contributed by atoms with Crippen LogP contribution in [0, 0.1) is 5.82 Å². The lowest BCUT2D eigenvalue weighted by molar-refractivity contribution is -0.0500. The highest BCUT2D eigenvalue weighted by Crippen LogP contribution is 2.30. The number of nitrogens with zero attached hydrogens (tertiary/aromatic N) is 2. The van der Waals surface area contributed by atoms with Gasteiger partial charge in [0.05, 0.1) is 24.4 Å². The standard InChI is InChI=1S/C19H21ClFN3O2/c1-12(17-16(21)7-4-8-22-17)23-19(25)24-9-10-26-18(13(24)2)14-5-3-6-15(20)11-14/h3-8,11-13,18H,9-10H2,1-2H3,(H,23,25)/t12-,13+,18-/m0/s1. The third kappa shape index (κ3) is 3.97. The second-order valence-electron chi connectivity index (χ2n) is 6.32. The van der Waals surface area contributed by atoms with Crippen LogP contribution in [0.4, 0.5) is 9.18 Å². The van der Waals surface area contributed by atoms with Gasteiger partial charge in [0.15, 0.2) is 0 Å². The zero-order chi connectivity index (χ0) is 18.7. The van der Waals surface area contributed by atoms with Crippen molar-refractivity contribution in [2.24, 2.45) is 0 Å². The Bertz CT molecular complexity index is 789. The van der Waals surface area contributed by atoms with Crippen molar-refractivity contribution in [3.63, 3.8) is 0 Å². The summed E-state index contributed by atoms with van der Waals surface area (Å²) in [5.74, 6) is -0.438. The lowest BCUT2D eigenvalue weighted by Gasteiger charge is -2.40. The molecule has 1 aliphatic heterocycles. The molecule has 0 spiro atoms. The molecule has 0 radical (unpaired) electrons. The number of rotatable bonds is 3. The predicted molar refractivity (Wildman–Crippen MR) is 97.5 cm³/mol. The van der Waals surface area contributed by atoms with E-state index in [0.29, 0.717) is 18.2 Å². The first kappa shape index (κ1) is 18.6. The number of morpholine rings is 1. The number of halogens is 2. The van der Waals surface area contributed by atoms with E-state index in [9.17, 15) is 9.18 Å². The number of urea groups is 1. The highest BCUT2D eigenvalue weighted by molar-refractivity contribution is 6.30. The summed E-state index contributed by atoms with van der Waals surface area (Å²) in [5.41, 5.74) is 1.14. The van der Waals surface area contributed by atoms with Crippen molar-refractivity contribution in [3.8, 4) is 0 Å². The fraction of sp³-hybridized carbons (Fsp3) is 0.368. The van der Waals surface area contributed by atoms with E-state index < -0.39 is 11.9 Å². The smallest absolute Gasteiger partial charge is 0.318 e. The molecule has 2 heterocycles. The SMILES string of the molecule is C[C@H](NC(=O)N1CCO[C@H](c2cccc(Cl)c2)[C@H]1C)c1ncccc1F. The summed E-state index contributed by atoms with van der Waals surface area (Å²) in [7, 11) is 0. The number of ether oxygens (including phenoxy) is 1. The summed E-state index contributed by atoms with van der Waals surface area (Å²) in [5, 5.41) is 3.45. The number of benzene rings is 1. The molecule has 1 fully saturated rings. The summed E-state index contributed by atoms with van der Waals surface area (Å²) < 4.78 is 19.7. The molecule has 1 saturated heterocycles. The molecular formula is C19H21ClFN3O2. The van der Waals surface area contributed by atoms with Gasteiger partial charge in [-0.3, -0.25) is 4.98 Å². The van der Waals surface area contributed by atoms with Gasteiger partial charge in [0.1, 0.15) is 11.9 Å². The Morgan fingerprint density at radius 1 is 1.42 bits per heavy atom. The molecule has 138 valence electrons. The van der Waals surface area contributed by atoms with Crippen LogP contribution in [-0.4, -0.2) is 35.1 Å². The van der Waals surface area contributed by atoms with Crippen LogP contribution in [0.1, 0.15) is 37.3 Å². The maximum Gasteiger partial charge on any atom is 0.318 e. The summed E-state index contributed by atoms with van der Waals surface area (Å²) in [6.07, 6.45) is 1.24. The molecule has 0 aliphatic carbocycles. The minimum absolute atomic E-state index is 0.192. The summed E-state index contributed by atoms with van der Waals surface area (Å²) in [6.45, 7) is 4.52. The van der Waals surface area contributed by atoms with Crippen LogP contribution in [0.5, 0.6) is 0 Å². The van der Waals surface area contributed by atoms with E-state index in [1.165, 1.54) is 18.3 Å². The summed E-state index contributed by atoms with van der Waals surface area (Å²) in [4.78, 5) is 18.5. The van der Waals surface area contributed by atoms with Gasteiger partial charge in [0.2, 0.25) is 0 Å². The van der Waals surface area contributed by atoms with Crippen LogP contribution >= 0.6 is 11.6 Å². The molecule has 0 saturated carbocycles. The van der Waals surface area contributed by atoms with E-state index in [-0.39, 0.29) is 23.9 Å². The Balaban J connectivity index is 1.72. The Morgan fingerprint density at radius 3 is 2.96 bits per heavy atom. The lowest BCUT2D eigenvalue weighted by Crippen LogP contribution is -2.52. The molecule has 3 atom stereocenters. The van der Waals surface area contributed by atoms with Crippen LogP contribution in [0.3, 0.4) is 0 Å². The Morgan fingerprint density at radius 2 is 2.23 bits per heavy atom. The minimum atomic E-state index is -0.539. The topological polar surface area (TPSA) is 54.5 Å². The van der Waals surface area contributed by atoms with Gasteiger partial charge in [-0.2, -0.15) is 0 Å². The number of aromatic nitrogens is 1. The molecule has 1 aromatic carbocycles. The van der Waals surface area contributed by atoms with Crippen LogP contribution in [0.2, 0.25) is 5.02 Å². The van der Waals surface area contributed by atoms with E-state index in [0.717, 1.165) is 5.56 Å². The normalized spacial score (nSPS) is 21.3. The second-order valence-corrected chi connectivity index (χ2v) is 6.76. The third-order valence-corrected chi connectivity index (χ3v) is 4.77. The average molecular weight is 378 g/mol. The van der Waals surface area contributed by atoms with E-state index in [4.69, 9.17) is 16.3 Å². The fourth-order valence-corrected chi connectivity index (χ4v) is 3.38. The van der Waals surface area contributed by atoms with Gasteiger partial charge in [-0.15, -0.1) is 0 Å². The average Bonchev–Trinajstić information content (AvgIpc) is 2.62. The number of carbonyl (C=O) groups is 1. The quantitative estimate of drug-likeness (QED) is 0.875. The molecule has 0 unspecified atom stereocenters. The van der Waals surface area contributed by atoms with E-state index in [2.05, 4.69) is 10.3 Å². The van der Waals surface area contributed by atoms with Crippen molar-refractivity contribution in [2.75, 3.05) is 13.2 Å². The molecule has 0 bridgehead atoms. The van der Waals surface area contributed by atoms with Gasteiger partial charge >= 0.3 is 6.03 Å². The maximum absolute atomic E-state index is 13.9. The highest BCUT2D eigenvalue weighted by atomic mass is 35.5. The van der Waals surface area contributed by atoms with Gasteiger partial charge in [-0.1, -0.05) is 23.7 Å². The first-order chi connectivity index (χ1) is 12.5. The molecule has 2 aromatic rings. The molecule has 5 nitrogen and oxygen atoms in total. The predicted octanol–water partition coefficient (Wildman–Crippen LogP) is 4.11. The Kier molecular flexibility index (Phi) is 5.74. The number of carbonyl (C=O) groups excluding carboxylic acids is 1. The lowest BCUT2D eigenvalue weighted by atomic mass is 10.0. The minimum Gasteiger partial charge on any atom is -0.370 e. The van der Waals surface area contributed by atoms with Crippen molar-refractivity contribution >= 4 is 17.6 Å². The number of hydrogen-bond donors (Lipinski definition) is 1. The first-order valence-electron chi connectivity index (χ1n) is 8.52. The molecule has 26 heavy (non-hydrogen) atoms. The molecule has 1 aromatic heterocycles. The van der Waals surface area contributed by atoms with Gasteiger partial charge in [0.25, 0.3) is 0 Å². The molecule has 1 aliphatic rings. The molecule has 3 rings (SSSR count). The Labute approximate surface area is 157 Å². The fourth-order valence-electron chi connectivity index (χ4n) is 3.18. The monoisotopic (exact) mass is 377 g/mol. The van der Waals surface area contributed by atoms with Crippen LogP contribution in [-0.2, 0) is 4.74 Å². The van der Waals surface area contributed by atoms with Crippen LogP contribution in [0.15, 0.2) is 42.6 Å². The number of hydrogen-bond acceptors (Lipinski definition) is 3. The number of pyridine rings is 1. The van der Waals surface area contributed by atoms with Crippen molar-refractivity contribution in [1.82, 2.24) is 15.2 Å². The highest BCUT2D eigenvalue weighted by Gasteiger charge is 2.33. The molecule has 7 heteroatoms. The van der Waals surface area contributed by atoms with Crippen molar-refractivity contribution in [2.45, 2.75) is 32.0 Å². The van der Waals surface area contributed by atoms with Gasteiger partial charge in [-0.05, 0) is 43.7 Å². The number of nitrogens with one attached hydrogen (secondary N) is 1. The molecule has 2 amide bonds. The molecule has 1 N–H and O–H groups in total. The third-order valence-electron chi connectivity index (χ3n) is 4.53. The van der Waals surface area contributed by atoms with Crippen LogP contribution in [0.25, 0.3) is 0 Å². The van der Waals surface area contributed by atoms with Crippen molar-refractivity contribution in [1.29, 1.82) is 0 Å².